The molecule has 0 aliphatic heterocycles. The Hall–Kier alpha value is -2.41. The van der Waals surface area contributed by atoms with Crippen LogP contribution in [0.2, 0.25) is 0 Å². The summed E-state index contributed by atoms with van der Waals surface area (Å²) in [6, 6.07) is 2.67. The summed E-state index contributed by atoms with van der Waals surface area (Å²) >= 11 is 0. The van der Waals surface area contributed by atoms with Gasteiger partial charge in [-0.3, -0.25) is 10.8 Å². The maximum Gasteiger partial charge on any atom is 0.341 e. The number of hydrazine groups is 1. The summed E-state index contributed by atoms with van der Waals surface area (Å²) in [7, 11) is 1.43. The number of ether oxygens (including phenoxy) is 2. The fourth-order valence-electron chi connectivity index (χ4n) is 1.93. The molecular formula is C13H14FN3O3. The number of nitrogens with two attached hydrogens (primary N) is 1. The van der Waals surface area contributed by atoms with E-state index in [9.17, 15) is 9.18 Å². The minimum atomic E-state index is -0.596. The predicted octanol–water partition coefficient (Wildman–Crippen LogP) is 1.84. The molecular weight excluding hydrogens is 265 g/mol. The van der Waals surface area contributed by atoms with E-state index in [4.69, 9.17) is 15.3 Å². The Labute approximate surface area is 114 Å². The van der Waals surface area contributed by atoms with Crippen LogP contribution in [0.25, 0.3) is 10.9 Å². The first-order valence-corrected chi connectivity index (χ1v) is 5.93. The number of nitrogens with one attached hydrogen (secondary N) is 1. The summed E-state index contributed by atoms with van der Waals surface area (Å²) in [5.41, 5.74) is 2.78. The molecule has 0 atom stereocenters. The van der Waals surface area contributed by atoms with Gasteiger partial charge in [0.1, 0.15) is 22.6 Å². The van der Waals surface area contributed by atoms with Crippen molar-refractivity contribution in [2.24, 2.45) is 5.84 Å². The molecule has 2 aromatic rings. The average Bonchev–Trinajstić information content (AvgIpc) is 2.46. The molecule has 0 spiro atoms. The van der Waals surface area contributed by atoms with Crippen molar-refractivity contribution in [2.75, 3.05) is 19.1 Å². The van der Waals surface area contributed by atoms with Gasteiger partial charge in [-0.15, -0.1) is 0 Å². The first kappa shape index (κ1) is 14.0. The highest BCUT2D eigenvalue weighted by Gasteiger charge is 2.20. The Bertz CT molecular complexity index is 661. The van der Waals surface area contributed by atoms with Crippen LogP contribution in [-0.4, -0.2) is 24.7 Å². The van der Waals surface area contributed by atoms with Gasteiger partial charge in [-0.1, -0.05) is 0 Å². The summed E-state index contributed by atoms with van der Waals surface area (Å²) in [5.74, 6) is 4.68. The van der Waals surface area contributed by atoms with Gasteiger partial charge < -0.3 is 14.9 Å². The van der Waals surface area contributed by atoms with Crippen molar-refractivity contribution in [3.8, 4) is 5.75 Å². The number of aromatic nitrogens is 1. The van der Waals surface area contributed by atoms with Crippen LogP contribution in [-0.2, 0) is 4.74 Å². The molecule has 0 aliphatic carbocycles. The second kappa shape index (κ2) is 5.70. The molecule has 1 aromatic heterocycles. The number of fused-ring (bicyclic) bond motifs is 1. The Kier molecular flexibility index (Phi) is 3.99. The molecule has 7 heteroatoms. The number of nitrogen functional groups attached to an aromatic ring is 1. The van der Waals surface area contributed by atoms with Gasteiger partial charge in [0, 0.05) is 6.20 Å². The van der Waals surface area contributed by atoms with Gasteiger partial charge in [0.05, 0.1) is 24.8 Å². The maximum absolute atomic E-state index is 13.8. The quantitative estimate of drug-likeness (QED) is 0.504. The second-order valence-corrected chi connectivity index (χ2v) is 3.88. The Balaban J connectivity index is 2.78. The molecule has 0 fully saturated rings. The van der Waals surface area contributed by atoms with Gasteiger partial charge in [-0.05, 0) is 19.1 Å². The van der Waals surface area contributed by atoms with Crippen molar-refractivity contribution < 1.29 is 18.7 Å². The van der Waals surface area contributed by atoms with Crippen LogP contribution in [0.1, 0.15) is 17.3 Å². The first-order valence-electron chi connectivity index (χ1n) is 5.93. The average molecular weight is 279 g/mol. The lowest BCUT2D eigenvalue weighted by Crippen LogP contribution is -2.15. The van der Waals surface area contributed by atoms with Crippen LogP contribution in [0.15, 0.2) is 18.3 Å². The number of nitrogens with zero attached hydrogens (tertiary/aromatic N) is 1. The third kappa shape index (κ3) is 2.23. The molecule has 1 aromatic carbocycles. The molecule has 106 valence electrons. The molecule has 0 unspecified atom stereocenters. The molecule has 6 nitrogen and oxygen atoms in total. The van der Waals surface area contributed by atoms with Crippen molar-refractivity contribution in [3.05, 3.63) is 29.7 Å². The van der Waals surface area contributed by atoms with E-state index in [-0.39, 0.29) is 23.4 Å². The maximum atomic E-state index is 13.8. The van der Waals surface area contributed by atoms with Crippen molar-refractivity contribution in [1.29, 1.82) is 0 Å². The summed E-state index contributed by atoms with van der Waals surface area (Å²) < 4.78 is 23.9. The van der Waals surface area contributed by atoms with E-state index in [0.717, 1.165) is 0 Å². The molecule has 0 saturated carbocycles. The highest BCUT2D eigenvalue weighted by atomic mass is 19.1. The minimum absolute atomic E-state index is 0.0605. The highest BCUT2D eigenvalue weighted by molar-refractivity contribution is 6.07. The zero-order valence-electron chi connectivity index (χ0n) is 11.1. The lowest BCUT2D eigenvalue weighted by molar-refractivity contribution is 0.0527. The Morgan fingerprint density at radius 1 is 1.50 bits per heavy atom. The van der Waals surface area contributed by atoms with E-state index in [2.05, 4.69) is 10.4 Å². The molecule has 0 radical (unpaired) electrons. The van der Waals surface area contributed by atoms with Crippen LogP contribution in [0.4, 0.5) is 10.1 Å². The molecule has 0 bridgehead atoms. The second-order valence-electron chi connectivity index (χ2n) is 3.88. The van der Waals surface area contributed by atoms with Gasteiger partial charge in [0.2, 0.25) is 0 Å². The van der Waals surface area contributed by atoms with E-state index >= 15 is 0 Å². The van der Waals surface area contributed by atoms with E-state index in [1.165, 1.54) is 25.4 Å². The lowest BCUT2D eigenvalue weighted by atomic mass is 10.1. The number of benzene rings is 1. The Morgan fingerprint density at radius 3 is 2.85 bits per heavy atom. The van der Waals surface area contributed by atoms with Gasteiger partial charge >= 0.3 is 5.97 Å². The molecule has 0 aliphatic rings. The van der Waals surface area contributed by atoms with E-state index in [1.807, 2.05) is 0 Å². The van der Waals surface area contributed by atoms with Crippen LogP contribution in [0, 0.1) is 5.82 Å². The smallest absolute Gasteiger partial charge is 0.341 e. The van der Waals surface area contributed by atoms with E-state index in [0.29, 0.717) is 11.1 Å². The third-order valence-electron chi connectivity index (χ3n) is 2.79. The molecule has 0 saturated heterocycles. The minimum Gasteiger partial charge on any atom is -0.496 e. The van der Waals surface area contributed by atoms with Crippen LogP contribution in [0.5, 0.6) is 5.75 Å². The third-order valence-corrected chi connectivity index (χ3v) is 2.79. The topological polar surface area (TPSA) is 86.5 Å². The normalized spacial score (nSPS) is 10.4. The van der Waals surface area contributed by atoms with Crippen molar-refractivity contribution in [3.63, 3.8) is 0 Å². The fourth-order valence-corrected chi connectivity index (χ4v) is 1.93. The number of carbonyl (C=O) groups excluding carboxylic acids is 1. The highest BCUT2D eigenvalue weighted by Crippen LogP contribution is 2.34. The van der Waals surface area contributed by atoms with Gasteiger partial charge in [0.25, 0.3) is 0 Å². The SMILES string of the molecule is CCOC(=O)c1cnc2c(F)ccc(OC)c2c1NN. The van der Waals surface area contributed by atoms with Crippen LogP contribution < -0.4 is 16.0 Å². The number of methoxy groups -OCH3 is 1. The fraction of sp³-hybridized carbons (Fsp3) is 0.231. The standard InChI is InChI=1S/C13H14FN3O3/c1-3-20-13(18)7-6-16-12-8(14)4-5-9(19-2)10(12)11(7)17-15/h4-6H,3,15H2,1-2H3,(H,16,17). The number of esters is 1. The summed E-state index contributed by atoms with van der Waals surface area (Å²) in [4.78, 5) is 15.8. The zero-order chi connectivity index (χ0) is 14.7. The number of rotatable bonds is 4. The van der Waals surface area contributed by atoms with Crippen molar-refractivity contribution in [2.45, 2.75) is 6.92 Å². The van der Waals surface area contributed by atoms with E-state index in [1.54, 1.807) is 6.92 Å². The summed E-state index contributed by atoms with van der Waals surface area (Å²) in [5, 5.41) is 0.292. The molecule has 3 N–H and O–H groups in total. The Morgan fingerprint density at radius 2 is 2.25 bits per heavy atom. The zero-order valence-corrected chi connectivity index (χ0v) is 11.1. The first-order chi connectivity index (χ1) is 9.63. The molecule has 20 heavy (non-hydrogen) atoms. The van der Waals surface area contributed by atoms with Crippen molar-refractivity contribution >= 4 is 22.6 Å². The lowest BCUT2D eigenvalue weighted by Gasteiger charge is -2.13. The molecule has 2 rings (SSSR count). The van der Waals surface area contributed by atoms with E-state index < -0.39 is 11.8 Å². The summed E-state index contributed by atoms with van der Waals surface area (Å²) in [6.07, 6.45) is 1.22. The van der Waals surface area contributed by atoms with Crippen molar-refractivity contribution in [1.82, 2.24) is 4.98 Å². The number of hydrogen-bond donors (Lipinski definition) is 2. The monoisotopic (exact) mass is 279 g/mol. The number of halogens is 1. The number of anilines is 1. The van der Waals surface area contributed by atoms with Gasteiger partial charge in [0.15, 0.2) is 0 Å². The largest absolute Gasteiger partial charge is 0.496 e. The van der Waals surface area contributed by atoms with Crippen LogP contribution in [0.3, 0.4) is 0 Å². The van der Waals surface area contributed by atoms with Gasteiger partial charge in [-0.25, -0.2) is 9.18 Å². The number of carbonyl (C=O) groups is 1. The number of hydrogen-bond acceptors (Lipinski definition) is 6. The van der Waals surface area contributed by atoms with Gasteiger partial charge in [-0.2, -0.15) is 0 Å². The number of pyridine rings is 1. The summed E-state index contributed by atoms with van der Waals surface area (Å²) in [6.45, 7) is 1.89. The predicted molar refractivity (Wildman–Crippen MR) is 72.0 cm³/mol. The molecule has 1 heterocycles. The van der Waals surface area contributed by atoms with Crippen LogP contribution >= 0.6 is 0 Å². The molecule has 0 amide bonds.